The molecule has 0 saturated heterocycles. The fraction of sp³-hybridized carbons (Fsp3) is 0.833. The van der Waals surface area contributed by atoms with Crippen LogP contribution in [-0.2, 0) is 15.9 Å². The van der Waals surface area contributed by atoms with Crippen molar-refractivity contribution in [3.63, 3.8) is 0 Å². The van der Waals surface area contributed by atoms with E-state index in [4.69, 9.17) is 0 Å². The van der Waals surface area contributed by atoms with Crippen molar-refractivity contribution in [1.29, 1.82) is 0 Å². The molecule has 0 unspecified atom stereocenters. The third-order valence-electron chi connectivity index (χ3n) is 1.61. The Balaban J connectivity index is 2.17. The van der Waals surface area contributed by atoms with Crippen LogP contribution in [0, 0.1) is 5.92 Å². The molecule has 0 aliphatic heterocycles. The minimum absolute atomic E-state index is 1.02. The van der Waals surface area contributed by atoms with E-state index in [0.717, 1.165) is 5.92 Å². The minimum atomic E-state index is 1.02. The molecule has 1 heteroatoms. The Bertz CT molecular complexity index is 78.2. The summed E-state index contributed by atoms with van der Waals surface area (Å²) in [5.41, 5.74) is 0. The van der Waals surface area contributed by atoms with Gasteiger partial charge in [0.05, 0.1) is 0 Å². The molecule has 0 heterocycles. The Labute approximate surface area is 52.9 Å². The van der Waals surface area contributed by atoms with Crippen LogP contribution in [0.1, 0.15) is 26.2 Å². The molecule has 0 aromatic carbocycles. The monoisotopic (exact) mass is 134 g/mol. The summed E-state index contributed by atoms with van der Waals surface area (Å²) in [5, 5.41) is 0. The van der Waals surface area contributed by atoms with Crippen molar-refractivity contribution in [3.8, 4) is 0 Å². The first-order valence-electron chi connectivity index (χ1n) is 2.84. The van der Waals surface area contributed by atoms with Gasteiger partial charge in [0, 0.05) is 0 Å². The van der Waals surface area contributed by atoms with Crippen LogP contribution in [0.5, 0.6) is 0 Å². The molecule has 0 amide bonds. The zero-order chi connectivity index (χ0) is 5.28. The summed E-state index contributed by atoms with van der Waals surface area (Å²) in [6.07, 6.45) is 4.08. The molecule has 1 saturated carbocycles. The SMILES string of the molecule is CCC1C[C](=[Cr])C1. The molecule has 40 valence electrons. The molecule has 1 fully saturated rings. The van der Waals surface area contributed by atoms with Crippen molar-refractivity contribution < 1.29 is 15.9 Å². The second-order valence-corrected chi connectivity index (χ2v) is 3.12. The van der Waals surface area contributed by atoms with Gasteiger partial charge in [0.1, 0.15) is 0 Å². The molecule has 0 spiro atoms. The Morgan fingerprint density at radius 3 is 2.43 bits per heavy atom. The standard InChI is InChI=1S/C6H10.Cr/c1-2-6-4-3-5-6;/h6H,2,4-5H2,1H3;. The van der Waals surface area contributed by atoms with Gasteiger partial charge in [-0.05, 0) is 0 Å². The Morgan fingerprint density at radius 2 is 2.29 bits per heavy atom. The molecular formula is C6H10Cr. The maximum absolute atomic E-state index is 3.06. The quantitative estimate of drug-likeness (QED) is 0.510. The molecule has 7 heavy (non-hydrogen) atoms. The van der Waals surface area contributed by atoms with Gasteiger partial charge in [0.25, 0.3) is 0 Å². The predicted molar refractivity (Wildman–Crippen MR) is 28.0 cm³/mol. The summed E-state index contributed by atoms with van der Waals surface area (Å²) >= 11 is 3.06. The van der Waals surface area contributed by atoms with E-state index in [1.807, 2.05) is 0 Å². The van der Waals surface area contributed by atoms with Crippen LogP contribution in [0.3, 0.4) is 0 Å². The maximum atomic E-state index is 3.06. The van der Waals surface area contributed by atoms with E-state index in [1.54, 1.807) is 4.38 Å². The van der Waals surface area contributed by atoms with Gasteiger partial charge in [0.15, 0.2) is 0 Å². The van der Waals surface area contributed by atoms with Crippen molar-refractivity contribution in [1.82, 2.24) is 0 Å². The predicted octanol–water partition coefficient (Wildman–Crippen LogP) is 1.53. The summed E-state index contributed by atoms with van der Waals surface area (Å²) in [5.74, 6) is 1.02. The van der Waals surface area contributed by atoms with Crippen LogP contribution < -0.4 is 0 Å². The van der Waals surface area contributed by atoms with Gasteiger partial charge in [-0.3, -0.25) is 0 Å². The molecule has 0 atom stereocenters. The van der Waals surface area contributed by atoms with E-state index in [1.165, 1.54) is 19.3 Å². The Hall–Kier alpha value is 0.402. The van der Waals surface area contributed by atoms with Gasteiger partial charge < -0.3 is 0 Å². The van der Waals surface area contributed by atoms with Gasteiger partial charge in [-0.25, -0.2) is 0 Å². The van der Waals surface area contributed by atoms with Gasteiger partial charge in [-0.1, -0.05) is 0 Å². The fourth-order valence-electron chi connectivity index (χ4n) is 0.873. The second kappa shape index (κ2) is 2.11. The van der Waals surface area contributed by atoms with Crippen LogP contribution in [-0.4, -0.2) is 4.38 Å². The molecule has 0 bridgehead atoms. The Morgan fingerprint density at radius 1 is 1.71 bits per heavy atom. The van der Waals surface area contributed by atoms with E-state index in [-0.39, 0.29) is 0 Å². The third kappa shape index (κ3) is 1.15. The van der Waals surface area contributed by atoms with E-state index < -0.39 is 0 Å². The van der Waals surface area contributed by atoms with Crippen LogP contribution in [0.2, 0.25) is 0 Å². The second-order valence-electron chi connectivity index (χ2n) is 2.22. The first-order chi connectivity index (χ1) is 3.33. The van der Waals surface area contributed by atoms with E-state index in [9.17, 15) is 0 Å². The molecule has 1 aliphatic carbocycles. The van der Waals surface area contributed by atoms with Crippen molar-refractivity contribution in [2.45, 2.75) is 26.2 Å². The number of rotatable bonds is 1. The molecular weight excluding hydrogens is 124 g/mol. The van der Waals surface area contributed by atoms with Crippen molar-refractivity contribution >= 4 is 4.38 Å². The third-order valence-corrected chi connectivity index (χ3v) is 2.13. The van der Waals surface area contributed by atoms with Crippen LogP contribution in [0.25, 0.3) is 0 Å². The first kappa shape index (κ1) is 5.54. The number of hydrogen-bond donors (Lipinski definition) is 0. The molecule has 0 aromatic heterocycles. The fourth-order valence-corrected chi connectivity index (χ4v) is 1.61. The molecule has 0 aromatic rings. The van der Waals surface area contributed by atoms with Crippen LogP contribution in [0.15, 0.2) is 0 Å². The molecule has 1 aliphatic rings. The first-order valence-corrected chi connectivity index (χ1v) is 3.48. The van der Waals surface area contributed by atoms with Crippen molar-refractivity contribution in [2.24, 2.45) is 5.92 Å². The molecule has 0 nitrogen and oxygen atoms in total. The average Bonchev–Trinajstić information content (AvgIpc) is 1.58. The average molecular weight is 134 g/mol. The molecule has 0 radical (unpaired) electrons. The molecule has 0 N–H and O–H groups in total. The van der Waals surface area contributed by atoms with Crippen LogP contribution in [0.4, 0.5) is 0 Å². The summed E-state index contributed by atoms with van der Waals surface area (Å²) < 4.78 is 1.58. The summed E-state index contributed by atoms with van der Waals surface area (Å²) in [7, 11) is 0. The Kier molecular flexibility index (Phi) is 1.67. The van der Waals surface area contributed by atoms with E-state index in [0.29, 0.717) is 0 Å². The molecule has 1 rings (SSSR count). The van der Waals surface area contributed by atoms with Gasteiger partial charge in [-0.2, -0.15) is 0 Å². The van der Waals surface area contributed by atoms with Crippen molar-refractivity contribution in [3.05, 3.63) is 0 Å². The van der Waals surface area contributed by atoms with E-state index in [2.05, 4.69) is 22.8 Å². The van der Waals surface area contributed by atoms with Crippen LogP contribution >= 0.6 is 0 Å². The summed E-state index contributed by atoms with van der Waals surface area (Å²) in [6.45, 7) is 2.26. The number of hydrogen-bond acceptors (Lipinski definition) is 0. The summed E-state index contributed by atoms with van der Waals surface area (Å²) in [4.78, 5) is 0. The van der Waals surface area contributed by atoms with Gasteiger partial charge in [-0.15, -0.1) is 0 Å². The van der Waals surface area contributed by atoms with Crippen molar-refractivity contribution in [2.75, 3.05) is 0 Å². The van der Waals surface area contributed by atoms with Gasteiger partial charge in [0.2, 0.25) is 0 Å². The normalized spacial score (nSPS) is 22.1. The zero-order valence-electron chi connectivity index (χ0n) is 4.61. The van der Waals surface area contributed by atoms with Gasteiger partial charge >= 0.3 is 52.3 Å². The zero-order valence-corrected chi connectivity index (χ0v) is 5.88. The topological polar surface area (TPSA) is 0 Å². The van der Waals surface area contributed by atoms with E-state index >= 15 is 0 Å². The summed E-state index contributed by atoms with van der Waals surface area (Å²) in [6, 6.07) is 0.